The number of methoxy groups -OCH3 is 1. The van der Waals surface area contributed by atoms with Crippen LogP contribution in [0, 0.1) is 40.4 Å². The second-order valence-electron chi connectivity index (χ2n) is 14.8. The number of ether oxygens (including phenoxy) is 6. The minimum atomic E-state index is -1.52. The Bertz CT molecular complexity index is 1240. The second-order valence-corrected chi connectivity index (χ2v) is 14.8. The van der Waals surface area contributed by atoms with Gasteiger partial charge in [0.2, 0.25) is 0 Å². The Morgan fingerprint density at radius 3 is 2.15 bits per heavy atom. The van der Waals surface area contributed by atoms with E-state index in [0.29, 0.717) is 31.6 Å². The van der Waals surface area contributed by atoms with E-state index < -0.39 is 66.8 Å². The maximum Gasteiger partial charge on any atom is 0.339 e. The Hall–Kier alpha value is -2.61. The summed E-state index contributed by atoms with van der Waals surface area (Å²) in [6.45, 7) is 7.48. The van der Waals surface area contributed by atoms with Crippen molar-refractivity contribution in [3.05, 3.63) is 0 Å². The molecule has 0 unspecified atom stereocenters. The van der Waals surface area contributed by atoms with Crippen LogP contribution in [0.4, 0.5) is 0 Å². The number of carbonyl (C=O) groups excluding carboxylic acids is 5. The first-order valence-corrected chi connectivity index (χ1v) is 16.9. The van der Waals surface area contributed by atoms with Crippen LogP contribution < -0.4 is 0 Å². The van der Waals surface area contributed by atoms with E-state index >= 15 is 0 Å². The highest BCUT2D eigenvalue weighted by Gasteiger charge is 2.64. The molecule has 47 heavy (non-hydrogen) atoms. The molecule has 0 aromatic rings. The third-order valence-electron chi connectivity index (χ3n) is 12.2. The molecule has 2 N–H and O–H groups in total. The summed E-state index contributed by atoms with van der Waals surface area (Å²) in [6.07, 6.45) is -2.54. The maximum absolute atomic E-state index is 14.0. The molecule has 0 bridgehead atoms. The molecule has 264 valence electrons. The number of ketones is 1. The van der Waals surface area contributed by atoms with Crippen LogP contribution in [-0.2, 0) is 52.4 Å². The molecule has 1 saturated heterocycles. The van der Waals surface area contributed by atoms with Gasteiger partial charge in [0, 0.05) is 33.1 Å². The lowest BCUT2D eigenvalue weighted by atomic mass is 9.44. The lowest BCUT2D eigenvalue weighted by Crippen LogP contribution is -2.64. The highest BCUT2D eigenvalue weighted by molar-refractivity contribution is 5.84. The minimum Gasteiger partial charge on any atom is -0.467 e. The predicted molar refractivity (Wildman–Crippen MR) is 161 cm³/mol. The molecule has 0 aromatic carbocycles. The van der Waals surface area contributed by atoms with Gasteiger partial charge >= 0.3 is 23.9 Å². The monoisotopic (exact) mass is 666 g/mol. The summed E-state index contributed by atoms with van der Waals surface area (Å²) in [5.41, 5.74) is -0.584. The van der Waals surface area contributed by atoms with Gasteiger partial charge in [-0.05, 0) is 79.4 Å². The molecule has 0 radical (unpaired) electrons. The fourth-order valence-electron chi connectivity index (χ4n) is 10.3. The Morgan fingerprint density at radius 1 is 0.894 bits per heavy atom. The van der Waals surface area contributed by atoms with E-state index in [1.54, 1.807) is 0 Å². The van der Waals surface area contributed by atoms with Gasteiger partial charge in [0.1, 0.15) is 5.78 Å². The van der Waals surface area contributed by atoms with Crippen LogP contribution in [0.25, 0.3) is 0 Å². The Morgan fingerprint density at radius 2 is 1.53 bits per heavy atom. The van der Waals surface area contributed by atoms with Crippen molar-refractivity contribution in [2.24, 2.45) is 40.4 Å². The van der Waals surface area contributed by atoms with Crippen molar-refractivity contribution in [1.82, 2.24) is 0 Å². The van der Waals surface area contributed by atoms with Crippen molar-refractivity contribution < 1.29 is 62.6 Å². The number of carbonyl (C=O) groups is 5. The molecule has 5 rings (SSSR count). The zero-order chi connectivity index (χ0) is 34.4. The zero-order valence-electron chi connectivity index (χ0n) is 28.2. The summed E-state index contributed by atoms with van der Waals surface area (Å²) >= 11 is 0. The normalized spacial score (nSPS) is 43.4. The highest BCUT2D eigenvalue weighted by atomic mass is 16.7. The lowest BCUT2D eigenvalue weighted by molar-refractivity contribution is -0.314. The van der Waals surface area contributed by atoms with Gasteiger partial charge in [-0.1, -0.05) is 13.8 Å². The number of hydrogen-bond acceptors (Lipinski definition) is 13. The number of aliphatic hydroxyl groups is 2. The van der Waals surface area contributed by atoms with Crippen molar-refractivity contribution in [3.63, 3.8) is 0 Å². The topological polar surface area (TPSA) is 181 Å². The number of Topliss-reactive ketones (excluding diaryl/α,β-unsaturated/α-hetero) is 1. The molecule has 5 aliphatic rings. The maximum atomic E-state index is 14.0. The number of aliphatic hydroxyl groups excluding tert-OH is 2. The van der Waals surface area contributed by atoms with Gasteiger partial charge in [-0.15, -0.1) is 0 Å². The molecule has 0 amide bonds. The number of esters is 4. The molecule has 14 atom stereocenters. The van der Waals surface area contributed by atoms with E-state index in [0.717, 1.165) is 46.6 Å². The number of fused-ring (bicyclic) bond motifs is 5. The summed E-state index contributed by atoms with van der Waals surface area (Å²) in [7, 11) is 1.14. The van der Waals surface area contributed by atoms with Gasteiger partial charge in [0.05, 0.1) is 25.9 Å². The summed E-state index contributed by atoms with van der Waals surface area (Å²) in [5.74, 6) is -2.42. The van der Waals surface area contributed by atoms with Crippen LogP contribution in [0.1, 0.15) is 86.0 Å². The van der Waals surface area contributed by atoms with E-state index in [-0.39, 0.29) is 46.9 Å². The number of rotatable bonds is 8. The van der Waals surface area contributed by atoms with Crippen molar-refractivity contribution in [2.45, 2.75) is 129 Å². The van der Waals surface area contributed by atoms with E-state index in [1.807, 2.05) is 0 Å². The average molecular weight is 667 g/mol. The molecular weight excluding hydrogens is 616 g/mol. The predicted octanol–water partition coefficient (Wildman–Crippen LogP) is 2.26. The van der Waals surface area contributed by atoms with Gasteiger partial charge in [-0.2, -0.15) is 0 Å². The Kier molecular flexibility index (Phi) is 10.4. The van der Waals surface area contributed by atoms with Crippen LogP contribution in [-0.4, -0.2) is 96.5 Å². The van der Waals surface area contributed by atoms with E-state index in [4.69, 9.17) is 28.4 Å². The van der Waals surface area contributed by atoms with Crippen molar-refractivity contribution in [2.75, 3.05) is 13.7 Å². The minimum absolute atomic E-state index is 0.0946. The molecule has 1 heterocycles. The van der Waals surface area contributed by atoms with E-state index in [2.05, 4.69) is 13.8 Å². The van der Waals surface area contributed by atoms with Crippen molar-refractivity contribution in [3.8, 4) is 0 Å². The zero-order valence-corrected chi connectivity index (χ0v) is 28.2. The van der Waals surface area contributed by atoms with Crippen molar-refractivity contribution in [1.29, 1.82) is 0 Å². The summed E-state index contributed by atoms with van der Waals surface area (Å²) in [4.78, 5) is 63.2. The van der Waals surface area contributed by atoms with E-state index in [1.165, 1.54) is 6.92 Å². The van der Waals surface area contributed by atoms with Gasteiger partial charge in [0.15, 0.2) is 30.7 Å². The van der Waals surface area contributed by atoms with Gasteiger partial charge in [0.25, 0.3) is 0 Å². The largest absolute Gasteiger partial charge is 0.467 e. The molecule has 0 spiro atoms. The summed E-state index contributed by atoms with van der Waals surface area (Å²) in [6, 6.07) is 0. The van der Waals surface area contributed by atoms with Crippen LogP contribution in [0.2, 0.25) is 0 Å². The third-order valence-corrected chi connectivity index (χ3v) is 12.2. The lowest BCUT2D eigenvalue weighted by Gasteiger charge is -2.60. The fraction of sp³-hybridized carbons (Fsp3) is 0.853. The van der Waals surface area contributed by atoms with Gasteiger partial charge in [-0.25, -0.2) is 4.79 Å². The smallest absolute Gasteiger partial charge is 0.339 e. The molecule has 4 saturated carbocycles. The number of hydrogen-bond donors (Lipinski definition) is 2. The summed E-state index contributed by atoms with van der Waals surface area (Å²) in [5, 5.41) is 20.3. The first-order valence-electron chi connectivity index (χ1n) is 16.9. The van der Waals surface area contributed by atoms with Crippen LogP contribution in [0.5, 0.6) is 0 Å². The van der Waals surface area contributed by atoms with Crippen LogP contribution >= 0.6 is 0 Å². The third kappa shape index (κ3) is 6.57. The summed E-state index contributed by atoms with van der Waals surface area (Å²) < 4.78 is 33.7. The quantitative estimate of drug-likeness (QED) is 0.219. The molecule has 13 nitrogen and oxygen atoms in total. The Labute approximate surface area is 275 Å². The van der Waals surface area contributed by atoms with Crippen LogP contribution in [0.15, 0.2) is 0 Å². The molecule has 0 aromatic heterocycles. The first-order chi connectivity index (χ1) is 22.1. The highest BCUT2D eigenvalue weighted by Crippen LogP contribution is 2.67. The average Bonchev–Trinajstić information content (AvgIpc) is 3.34. The molecular formula is C34H50O13. The van der Waals surface area contributed by atoms with Crippen molar-refractivity contribution >= 4 is 29.7 Å². The first kappa shape index (κ1) is 35.7. The molecule has 4 aliphatic carbocycles. The van der Waals surface area contributed by atoms with Gasteiger partial charge < -0.3 is 38.6 Å². The molecule has 13 heteroatoms. The van der Waals surface area contributed by atoms with Gasteiger partial charge in [-0.3, -0.25) is 19.2 Å². The second kappa shape index (κ2) is 13.7. The fourth-order valence-corrected chi connectivity index (χ4v) is 10.3. The van der Waals surface area contributed by atoms with E-state index in [9.17, 15) is 34.2 Å². The van der Waals surface area contributed by atoms with Crippen LogP contribution in [0.3, 0.4) is 0 Å². The Balaban J connectivity index is 1.36. The standard InChI is InChI=1S/C34H50O13/c1-16(36)43-27-28(44-17(2)37)30(45-18(3)38)32(47-29(27)31(41)42-6)46-20-11-12-33(4)19(13-20)7-8-21-22-9-10-23(25(40)15-35)34(22,5)14-24(39)26(21)33/h19-23,25-30,32,35,40H,7-15H2,1-6H3/t19-,20-,21-,22+,23-,25-,26+,27+,28+,29-,30-,32-,33-,34+/m1/s1. The molecule has 5 fully saturated rings. The molecule has 1 aliphatic heterocycles. The SMILES string of the molecule is COC(=O)[C@@H]1O[C@@H](O[C@@H]2CC[C@]3(C)[C@H](CC[C@H]4[C@H]3C(=O)C[C@]3(C)[C@@H]([C@H](O)CO)CC[C@@H]43)C2)[C@H](OC(C)=O)[C@@H](OC(C)=O)[C@@H]1OC(C)=O.